The molecule has 1 heterocycles. The van der Waals surface area contributed by atoms with E-state index >= 15 is 0 Å². The smallest absolute Gasteiger partial charge is 0.172 e. The van der Waals surface area contributed by atoms with E-state index < -0.39 is 5.54 Å². The lowest BCUT2D eigenvalue weighted by atomic mass is 9.85. The number of thiophene rings is 1. The fourth-order valence-electron chi connectivity index (χ4n) is 3.90. The molecule has 1 saturated carbocycles. The van der Waals surface area contributed by atoms with Gasteiger partial charge >= 0.3 is 0 Å². The molecule has 1 atom stereocenters. The van der Waals surface area contributed by atoms with Crippen molar-refractivity contribution in [2.45, 2.75) is 95.9 Å². The average molecular weight is 380 g/mol. The van der Waals surface area contributed by atoms with Crippen LogP contribution in [0.3, 0.4) is 0 Å². The summed E-state index contributed by atoms with van der Waals surface area (Å²) < 4.78 is 0. The average Bonchev–Trinajstić information content (AvgIpc) is 3.16. The molecule has 0 bridgehead atoms. The Morgan fingerprint density at radius 2 is 2.00 bits per heavy atom. The fourth-order valence-corrected chi connectivity index (χ4v) is 4.87. The first-order valence-electron chi connectivity index (χ1n) is 10.6. The molecule has 2 rings (SSSR count). The molecule has 26 heavy (non-hydrogen) atoms. The predicted molar refractivity (Wildman–Crippen MR) is 111 cm³/mol. The van der Waals surface area contributed by atoms with E-state index in [2.05, 4.69) is 6.07 Å². The number of aryl methyl sites for hydroxylation is 1. The molecule has 0 amide bonds. The number of hydrogen-bond acceptors (Lipinski definition) is 4. The number of aliphatic hydroxyl groups excluding tert-OH is 1. The summed E-state index contributed by atoms with van der Waals surface area (Å²) in [4.78, 5) is 14.5. The zero-order chi connectivity index (χ0) is 18.8. The minimum Gasteiger partial charge on any atom is -0.394 e. The highest BCUT2D eigenvalue weighted by atomic mass is 32.1. The monoisotopic (exact) mass is 379 g/mol. The lowest BCUT2D eigenvalue weighted by Crippen LogP contribution is -2.43. The molecule has 0 spiro atoms. The Morgan fingerprint density at radius 1 is 1.23 bits per heavy atom. The largest absolute Gasteiger partial charge is 0.394 e. The molecule has 1 aromatic rings. The lowest BCUT2D eigenvalue weighted by molar-refractivity contribution is 0.0983. The van der Waals surface area contributed by atoms with Gasteiger partial charge in [0.2, 0.25) is 0 Å². The van der Waals surface area contributed by atoms with Gasteiger partial charge in [-0.2, -0.15) is 0 Å². The number of hydrogen-bond donors (Lipinski definition) is 2. The van der Waals surface area contributed by atoms with Crippen LogP contribution in [0.25, 0.3) is 0 Å². The number of aliphatic hydroxyl groups is 1. The predicted octanol–water partition coefficient (Wildman–Crippen LogP) is 5.49. The third-order valence-corrected chi connectivity index (χ3v) is 7.25. The van der Waals surface area contributed by atoms with Gasteiger partial charge in [0.15, 0.2) is 5.78 Å². The van der Waals surface area contributed by atoms with Crippen molar-refractivity contribution in [1.82, 2.24) is 0 Å². The maximum Gasteiger partial charge on any atom is 0.172 e. The van der Waals surface area contributed by atoms with Crippen LogP contribution in [-0.2, 0) is 6.42 Å². The maximum atomic E-state index is 12.4. The summed E-state index contributed by atoms with van der Waals surface area (Å²) in [5, 5.41) is 9.40. The van der Waals surface area contributed by atoms with Gasteiger partial charge in [0.05, 0.1) is 11.5 Å². The van der Waals surface area contributed by atoms with Crippen LogP contribution in [0, 0.1) is 5.92 Å². The zero-order valence-electron chi connectivity index (χ0n) is 16.5. The van der Waals surface area contributed by atoms with Crippen molar-refractivity contribution in [3.63, 3.8) is 0 Å². The Kier molecular flexibility index (Phi) is 9.30. The van der Waals surface area contributed by atoms with Crippen LogP contribution in [0.2, 0.25) is 0 Å². The van der Waals surface area contributed by atoms with Crippen LogP contribution in [0.5, 0.6) is 0 Å². The van der Waals surface area contributed by atoms with Crippen LogP contribution >= 0.6 is 11.3 Å². The van der Waals surface area contributed by atoms with Gasteiger partial charge in [-0.05, 0) is 43.7 Å². The number of unbranched alkanes of at least 4 members (excludes halogenated alkanes) is 2. The third kappa shape index (κ3) is 7.13. The molecule has 1 unspecified atom stereocenters. The van der Waals surface area contributed by atoms with Gasteiger partial charge in [0, 0.05) is 16.8 Å². The van der Waals surface area contributed by atoms with Gasteiger partial charge in [-0.15, -0.1) is 11.3 Å². The molecule has 0 aliphatic heterocycles. The van der Waals surface area contributed by atoms with E-state index in [0.29, 0.717) is 6.42 Å². The van der Waals surface area contributed by atoms with Gasteiger partial charge in [-0.25, -0.2) is 0 Å². The lowest BCUT2D eigenvalue weighted by Gasteiger charge is -2.25. The highest BCUT2D eigenvalue weighted by molar-refractivity contribution is 7.14. The highest BCUT2D eigenvalue weighted by Gasteiger charge is 2.21. The van der Waals surface area contributed by atoms with Crippen molar-refractivity contribution in [3.05, 3.63) is 21.9 Å². The number of carbonyl (C=O) groups is 1. The number of Topliss-reactive ketones (excluding diaryl/α,β-unsaturated/α-hetero) is 1. The van der Waals surface area contributed by atoms with Crippen LogP contribution in [0.4, 0.5) is 0 Å². The molecule has 0 aromatic carbocycles. The Morgan fingerprint density at radius 3 is 2.69 bits per heavy atom. The van der Waals surface area contributed by atoms with Gasteiger partial charge in [0.1, 0.15) is 0 Å². The molecule has 4 heteroatoms. The maximum absolute atomic E-state index is 12.4. The van der Waals surface area contributed by atoms with E-state index in [9.17, 15) is 9.90 Å². The van der Waals surface area contributed by atoms with Crippen molar-refractivity contribution < 1.29 is 9.90 Å². The summed E-state index contributed by atoms with van der Waals surface area (Å²) in [6.45, 7) is 2.02. The molecular weight excluding hydrogens is 342 g/mol. The van der Waals surface area contributed by atoms with Crippen LogP contribution in [0.15, 0.2) is 12.1 Å². The van der Waals surface area contributed by atoms with E-state index in [1.807, 2.05) is 13.0 Å². The second-order valence-corrected chi connectivity index (χ2v) is 9.33. The molecule has 0 radical (unpaired) electrons. The minimum absolute atomic E-state index is 0.0154. The first-order valence-corrected chi connectivity index (χ1v) is 11.4. The van der Waals surface area contributed by atoms with E-state index in [1.54, 1.807) is 11.3 Å². The number of nitrogens with two attached hydrogens (primary N) is 1. The van der Waals surface area contributed by atoms with Gasteiger partial charge in [-0.3, -0.25) is 4.79 Å². The second kappa shape index (κ2) is 11.2. The standard InChI is InChI=1S/C22H37NO2S/c1-2-22(23,17-24)16-15-19-13-14-21(26-19)20(25)12-8-4-7-11-18-9-5-3-6-10-18/h13-14,18,24H,2-12,15-17,23H2,1H3. The quantitative estimate of drug-likeness (QED) is 0.372. The Labute approximate surface area is 163 Å². The molecular formula is C22H37NO2S. The SMILES string of the molecule is CCC(N)(CO)CCc1ccc(C(=O)CCCCCC2CCCCC2)s1. The molecule has 3 nitrogen and oxygen atoms in total. The van der Waals surface area contributed by atoms with Crippen molar-refractivity contribution in [1.29, 1.82) is 0 Å². The fraction of sp³-hybridized carbons (Fsp3) is 0.773. The van der Waals surface area contributed by atoms with Crippen molar-refractivity contribution in [2.24, 2.45) is 11.7 Å². The third-order valence-electron chi connectivity index (χ3n) is 6.07. The Bertz CT molecular complexity index is 530. The first-order chi connectivity index (χ1) is 12.6. The summed E-state index contributed by atoms with van der Waals surface area (Å²) in [5.41, 5.74) is 5.65. The van der Waals surface area contributed by atoms with E-state index in [4.69, 9.17) is 5.73 Å². The molecule has 1 aliphatic rings. The van der Waals surface area contributed by atoms with Crippen molar-refractivity contribution in [2.75, 3.05) is 6.61 Å². The number of ketones is 1. The first kappa shape index (κ1) is 21.6. The Hall–Kier alpha value is -0.710. The van der Waals surface area contributed by atoms with Gasteiger partial charge < -0.3 is 10.8 Å². The molecule has 148 valence electrons. The van der Waals surface area contributed by atoms with Crippen molar-refractivity contribution in [3.8, 4) is 0 Å². The normalized spacial score (nSPS) is 18.0. The highest BCUT2D eigenvalue weighted by Crippen LogP contribution is 2.28. The minimum atomic E-state index is -0.494. The van der Waals surface area contributed by atoms with Crippen LogP contribution < -0.4 is 5.73 Å². The number of carbonyl (C=O) groups excluding carboxylic acids is 1. The summed E-state index contributed by atoms with van der Waals surface area (Å²) in [5.74, 6) is 1.24. The number of rotatable bonds is 12. The summed E-state index contributed by atoms with van der Waals surface area (Å²) in [6.07, 6.45) is 15.0. The summed E-state index contributed by atoms with van der Waals surface area (Å²) >= 11 is 1.60. The summed E-state index contributed by atoms with van der Waals surface area (Å²) in [7, 11) is 0. The molecule has 3 N–H and O–H groups in total. The molecule has 1 aromatic heterocycles. The molecule has 0 saturated heterocycles. The van der Waals surface area contributed by atoms with Crippen LogP contribution in [0.1, 0.15) is 98.5 Å². The molecule has 1 aliphatic carbocycles. The van der Waals surface area contributed by atoms with Crippen molar-refractivity contribution >= 4 is 17.1 Å². The second-order valence-electron chi connectivity index (χ2n) is 8.17. The summed E-state index contributed by atoms with van der Waals surface area (Å²) in [6, 6.07) is 4.02. The van der Waals surface area contributed by atoms with E-state index in [-0.39, 0.29) is 12.4 Å². The van der Waals surface area contributed by atoms with E-state index in [1.165, 1.54) is 56.2 Å². The zero-order valence-corrected chi connectivity index (χ0v) is 17.3. The topological polar surface area (TPSA) is 63.3 Å². The van der Waals surface area contributed by atoms with E-state index in [0.717, 1.165) is 36.5 Å². The van der Waals surface area contributed by atoms with Gasteiger partial charge in [-0.1, -0.05) is 58.3 Å². The molecule has 1 fully saturated rings. The van der Waals surface area contributed by atoms with Crippen LogP contribution in [-0.4, -0.2) is 23.0 Å². The Balaban J connectivity index is 1.64. The van der Waals surface area contributed by atoms with Gasteiger partial charge in [0.25, 0.3) is 0 Å².